The fourth-order valence-electron chi connectivity index (χ4n) is 3.27. The first-order valence-electron chi connectivity index (χ1n) is 10.4. The van der Waals surface area contributed by atoms with E-state index in [1.807, 2.05) is 43.3 Å². The number of aryl methyl sites for hydroxylation is 1. The van der Waals surface area contributed by atoms with Gasteiger partial charge in [0.15, 0.2) is 17.3 Å². The zero-order valence-corrected chi connectivity index (χ0v) is 18.6. The van der Waals surface area contributed by atoms with Crippen LogP contribution < -0.4 is 20.1 Å². The largest absolute Gasteiger partial charge is 0.493 e. The van der Waals surface area contributed by atoms with Gasteiger partial charge in [0.2, 0.25) is 0 Å². The van der Waals surface area contributed by atoms with Gasteiger partial charge in [0.05, 0.1) is 14.2 Å². The Bertz CT molecular complexity index is 1270. The predicted octanol–water partition coefficient (Wildman–Crippen LogP) is 5.47. The van der Waals surface area contributed by atoms with Gasteiger partial charge in [-0.3, -0.25) is 4.79 Å². The topological polar surface area (TPSA) is 85.4 Å². The lowest BCUT2D eigenvalue weighted by molar-refractivity contribution is 0.102. The molecule has 4 aromatic rings. The van der Waals surface area contributed by atoms with Crippen molar-refractivity contribution in [3.8, 4) is 22.9 Å². The number of ether oxygens (including phenoxy) is 2. The van der Waals surface area contributed by atoms with E-state index in [1.54, 1.807) is 56.8 Å². The minimum Gasteiger partial charge on any atom is -0.493 e. The summed E-state index contributed by atoms with van der Waals surface area (Å²) in [6.07, 6.45) is 1.71. The van der Waals surface area contributed by atoms with Crippen molar-refractivity contribution in [2.24, 2.45) is 0 Å². The molecule has 0 aliphatic heterocycles. The molecule has 3 aromatic carbocycles. The summed E-state index contributed by atoms with van der Waals surface area (Å²) in [6, 6.07) is 22.2. The van der Waals surface area contributed by atoms with Crippen LogP contribution in [0, 0.1) is 6.92 Å². The number of rotatable bonds is 7. The first kappa shape index (κ1) is 21.8. The summed E-state index contributed by atoms with van der Waals surface area (Å²) in [7, 11) is 3.12. The van der Waals surface area contributed by atoms with Crippen LogP contribution in [-0.2, 0) is 0 Å². The highest BCUT2D eigenvalue weighted by Crippen LogP contribution is 2.30. The summed E-state index contributed by atoms with van der Waals surface area (Å²) < 4.78 is 10.5. The van der Waals surface area contributed by atoms with Crippen LogP contribution in [0.25, 0.3) is 11.4 Å². The molecule has 0 bridgehead atoms. The van der Waals surface area contributed by atoms with Crippen molar-refractivity contribution in [3.05, 3.63) is 90.1 Å². The number of amides is 1. The van der Waals surface area contributed by atoms with E-state index in [0.29, 0.717) is 34.4 Å². The number of carbonyl (C=O) groups excluding carboxylic acids is 1. The Labute approximate surface area is 192 Å². The first-order chi connectivity index (χ1) is 16.1. The van der Waals surface area contributed by atoms with E-state index < -0.39 is 0 Å². The maximum atomic E-state index is 12.8. The molecule has 1 amide bonds. The van der Waals surface area contributed by atoms with E-state index in [9.17, 15) is 4.79 Å². The molecule has 0 fully saturated rings. The molecule has 0 unspecified atom stereocenters. The average Bonchev–Trinajstić information content (AvgIpc) is 2.84. The molecule has 1 aromatic heterocycles. The van der Waals surface area contributed by atoms with Gasteiger partial charge in [-0.25, -0.2) is 9.97 Å². The SMILES string of the molecule is COc1ccc(NC(=O)c2cccc(Nc3ccnc(-c4ccc(C)cc4)n3)c2)cc1OC. The maximum Gasteiger partial charge on any atom is 0.255 e. The molecule has 2 N–H and O–H groups in total. The number of anilines is 3. The van der Waals surface area contributed by atoms with Gasteiger partial charge in [-0.1, -0.05) is 35.9 Å². The first-order valence-corrected chi connectivity index (χ1v) is 10.4. The van der Waals surface area contributed by atoms with E-state index in [-0.39, 0.29) is 5.91 Å². The number of methoxy groups -OCH3 is 2. The molecule has 0 aliphatic carbocycles. The summed E-state index contributed by atoms with van der Waals surface area (Å²) in [5, 5.41) is 6.13. The van der Waals surface area contributed by atoms with Crippen molar-refractivity contribution in [3.63, 3.8) is 0 Å². The summed E-state index contributed by atoms with van der Waals surface area (Å²) in [6.45, 7) is 2.04. The Morgan fingerprint density at radius 1 is 0.848 bits per heavy atom. The summed E-state index contributed by atoms with van der Waals surface area (Å²) in [5.74, 6) is 2.16. The summed E-state index contributed by atoms with van der Waals surface area (Å²) in [4.78, 5) is 21.8. The van der Waals surface area contributed by atoms with E-state index >= 15 is 0 Å². The third kappa shape index (κ3) is 5.27. The molecule has 0 atom stereocenters. The zero-order valence-electron chi connectivity index (χ0n) is 18.6. The number of carbonyl (C=O) groups is 1. The Morgan fingerprint density at radius 3 is 2.39 bits per heavy atom. The quantitative estimate of drug-likeness (QED) is 0.397. The number of hydrogen-bond donors (Lipinski definition) is 2. The number of nitrogens with one attached hydrogen (secondary N) is 2. The minimum absolute atomic E-state index is 0.242. The lowest BCUT2D eigenvalue weighted by Gasteiger charge is -2.12. The maximum absolute atomic E-state index is 12.8. The lowest BCUT2D eigenvalue weighted by Crippen LogP contribution is -2.12. The van der Waals surface area contributed by atoms with Gasteiger partial charge in [0.25, 0.3) is 5.91 Å². The third-order valence-corrected chi connectivity index (χ3v) is 5.00. The normalized spacial score (nSPS) is 10.4. The summed E-state index contributed by atoms with van der Waals surface area (Å²) in [5.41, 5.74) is 3.96. The van der Waals surface area contributed by atoms with Crippen LogP contribution in [0.2, 0.25) is 0 Å². The Kier molecular flexibility index (Phi) is 6.50. The highest BCUT2D eigenvalue weighted by atomic mass is 16.5. The van der Waals surface area contributed by atoms with Crippen LogP contribution in [0.3, 0.4) is 0 Å². The van der Waals surface area contributed by atoms with Gasteiger partial charge >= 0.3 is 0 Å². The van der Waals surface area contributed by atoms with Gasteiger partial charge in [-0.2, -0.15) is 0 Å². The monoisotopic (exact) mass is 440 g/mol. The fraction of sp³-hybridized carbons (Fsp3) is 0.115. The van der Waals surface area contributed by atoms with Gasteiger partial charge in [-0.15, -0.1) is 0 Å². The van der Waals surface area contributed by atoms with Crippen molar-refractivity contribution < 1.29 is 14.3 Å². The Hall–Kier alpha value is -4.39. The van der Waals surface area contributed by atoms with Crippen LogP contribution in [0.15, 0.2) is 79.0 Å². The minimum atomic E-state index is -0.242. The second kappa shape index (κ2) is 9.82. The van der Waals surface area contributed by atoms with E-state index in [0.717, 1.165) is 11.3 Å². The van der Waals surface area contributed by atoms with Gasteiger partial charge < -0.3 is 20.1 Å². The van der Waals surface area contributed by atoms with Crippen molar-refractivity contribution >= 4 is 23.1 Å². The molecule has 0 aliphatic rings. The number of benzene rings is 3. The average molecular weight is 441 g/mol. The molecule has 1 heterocycles. The fourth-order valence-corrected chi connectivity index (χ4v) is 3.27. The molecule has 0 radical (unpaired) electrons. The highest BCUT2D eigenvalue weighted by molar-refractivity contribution is 6.05. The van der Waals surface area contributed by atoms with Crippen LogP contribution >= 0.6 is 0 Å². The molecule has 0 saturated carbocycles. The molecular weight excluding hydrogens is 416 g/mol. The van der Waals surface area contributed by atoms with Crippen molar-refractivity contribution in [1.29, 1.82) is 0 Å². The third-order valence-electron chi connectivity index (χ3n) is 5.00. The number of hydrogen-bond acceptors (Lipinski definition) is 6. The smallest absolute Gasteiger partial charge is 0.255 e. The molecule has 33 heavy (non-hydrogen) atoms. The Balaban J connectivity index is 1.50. The van der Waals surface area contributed by atoms with E-state index in [2.05, 4.69) is 20.6 Å². The van der Waals surface area contributed by atoms with Crippen molar-refractivity contribution in [1.82, 2.24) is 9.97 Å². The second-order valence-electron chi connectivity index (χ2n) is 7.36. The standard InChI is InChI=1S/C26H24N4O3/c1-17-7-9-18(10-8-17)25-27-14-13-24(30-25)28-20-6-4-5-19(15-20)26(31)29-21-11-12-22(32-2)23(16-21)33-3/h4-16H,1-3H3,(H,29,31)(H,27,28,30). The number of aromatic nitrogens is 2. The molecule has 7 heteroatoms. The van der Waals surface area contributed by atoms with Crippen molar-refractivity contribution in [2.75, 3.05) is 24.9 Å². The van der Waals surface area contributed by atoms with Gasteiger partial charge in [0, 0.05) is 34.8 Å². The molecule has 7 nitrogen and oxygen atoms in total. The summed E-state index contributed by atoms with van der Waals surface area (Å²) >= 11 is 0. The predicted molar refractivity (Wildman–Crippen MR) is 129 cm³/mol. The molecule has 4 rings (SSSR count). The van der Waals surface area contributed by atoms with Crippen LogP contribution in [0.5, 0.6) is 11.5 Å². The van der Waals surface area contributed by atoms with E-state index in [1.165, 1.54) is 5.56 Å². The lowest BCUT2D eigenvalue weighted by atomic mass is 10.1. The Morgan fingerprint density at radius 2 is 1.64 bits per heavy atom. The van der Waals surface area contributed by atoms with Crippen LogP contribution in [0.4, 0.5) is 17.2 Å². The second-order valence-corrected chi connectivity index (χ2v) is 7.36. The van der Waals surface area contributed by atoms with Crippen LogP contribution in [-0.4, -0.2) is 30.1 Å². The highest BCUT2D eigenvalue weighted by Gasteiger charge is 2.11. The zero-order chi connectivity index (χ0) is 23.2. The molecular formula is C26H24N4O3. The van der Waals surface area contributed by atoms with E-state index in [4.69, 9.17) is 9.47 Å². The van der Waals surface area contributed by atoms with Crippen LogP contribution in [0.1, 0.15) is 15.9 Å². The van der Waals surface area contributed by atoms with Gasteiger partial charge in [-0.05, 0) is 43.3 Å². The van der Waals surface area contributed by atoms with Crippen molar-refractivity contribution in [2.45, 2.75) is 6.92 Å². The molecule has 0 spiro atoms. The number of nitrogens with zero attached hydrogens (tertiary/aromatic N) is 2. The molecule has 166 valence electrons. The molecule has 0 saturated heterocycles. The van der Waals surface area contributed by atoms with Gasteiger partial charge in [0.1, 0.15) is 5.82 Å².